The lowest BCUT2D eigenvalue weighted by atomic mass is 9.77. The molecule has 1 aromatic heterocycles. The van der Waals surface area contributed by atoms with Crippen molar-refractivity contribution >= 4 is 11.8 Å². The average Bonchev–Trinajstić information content (AvgIpc) is 3.18. The van der Waals surface area contributed by atoms with Gasteiger partial charge in [0.1, 0.15) is 24.0 Å². The highest BCUT2D eigenvalue weighted by Crippen LogP contribution is 2.41. The lowest BCUT2D eigenvalue weighted by molar-refractivity contribution is -0.134. The number of hydrogen-bond donors (Lipinski definition) is 0. The van der Waals surface area contributed by atoms with Crippen molar-refractivity contribution in [3.63, 3.8) is 0 Å². The molecule has 2 fully saturated rings. The molecule has 0 radical (unpaired) electrons. The van der Waals surface area contributed by atoms with E-state index in [4.69, 9.17) is 0 Å². The van der Waals surface area contributed by atoms with Gasteiger partial charge in [-0.25, -0.2) is 13.8 Å². The summed E-state index contributed by atoms with van der Waals surface area (Å²) in [5.41, 5.74) is 0.293. The summed E-state index contributed by atoms with van der Waals surface area (Å²) in [5, 5.41) is 0. The van der Waals surface area contributed by atoms with Gasteiger partial charge in [0.15, 0.2) is 0 Å². The number of imidazole rings is 1. The van der Waals surface area contributed by atoms with Crippen LogP contribution in [0.3, 0.4) is 0 Å². The van der Waals surface area contributed by atoms with Crippen molar-refractivity contribution < 1.29 is 18.4 Å². The van der Waals surface area contributed by atoms with Crippen LogP contribution < -0.4 is 0 Å². The highest BCUT2D eigenvalue weighted by atomic mass is 19.1. The third-order valence-electron chi connectivity index (χ3n) is 6.11. The van der Waals surface area contributed by atoms with E-state index >= 15 is 0 Å². The Kier molecular flexibility index (Phi) is 5.10. The van der Waals surface area contributed by atoms with Crippen molar-refractivity contribution in [3.05, 3.63) is 53.6 Å². The summed E-state index contributed by atoms with van der Waals surface area (Å²) in [4.78, 5) is 32.8. The van der Waals surface area contributed by atoms with Crippen LogP contribution in [-0.2, 0) is 22.7 Å². The van der Waals surface area contributed by atoms with Crippen molar-refractivity contribution in [1.82, 2.24) is 19.4 Å². The number of hydrogen-bond acceptors (Lipinski definition) is 3. The molecule has 1 aromatic carbocycles. The van der Waals surface area contributed by atoms with E-state index in [0.29, 0.717) is 31.6 Å². The molecule has 8 heteroatoms. The molecule has 0 unspecified atom stereocenters. The highest BCUT2D eigenvalue weighted by Gasteiger charge is 2.45. The maximum atomic E-state index is 13.4. The van der Waals surface area contributed by atoms with Crippen molar-refractivity contribution in [2.45, 2.75) is 39.3 Å². The van der Waals surface area contributed by atoms with E-state index in [1.807, 2.05) is 16.4 Å². The molecule has 2 aromatic rings. The summed E-state index contributed by atoms with van der Waals surface area (Å²) in [7, 11) is 0. The lowest BCUT2D eigenvalue weighted by Gasteiger charge is -2.39. The molecular weight excluding hydrogens is 378 g/mol. The normalized spacial score (nSPS) is 18.7. The van der Waals surface area contributed by atoms with Gasteiger partial charge in [-0.1, -0.05) is 0 Å². The Balaban J connectivity index is 1.35. The number of rotatable bonds is 4. The van der Waals surface area contributed by atoms with Gasteiger partial charge >= 0.3 is 0 Å². The molecule has 2 aliphatic heterocycles. The fraction of sp³-hybridized carbons (Fsp3) is 0.476. The molecule has 29 heavy (non-hydrogen) atoms. The van der Waals surface area contributed by atoms with Crippen LogP contribution in [0.15, 0.2) is 30.6 Å². The number of carbonyl (C=O) groups excluding carboxylic acids is 2. The topological polar surface area (TPSA) is 58.4 Å². The van der Waals surface area contributed by atoms with Gasteiger partial charge in [0.2, 0.25) is 11.8 Å². The molecule has 0 bridgehead atoms. The first-order chi connectivity index (χ1) is 13.8. The number of amides is 2. The molecule has 4 rings (SSSR count). The van der Waals surface area contributed by atoms with Crippen LogP contribution in [0, 0.1) is 24.0 Å². The predicted octanol–water partition coefficient (Wildman–Crippen LogP) is 2.51. The third kappa shape index (κ3) is 4.16. The Labute approximate surface area is 168 Å². The minimum absolute atomic E-state index is 0.00323. The Morgan fingerprint density at radius 2 is 1.86 bits per heavy atom. The Morgan fingerprint density at radius 1 is 1.17 bits per heavy atom. The fourth-order valence-corrected chi connectivity index (χ4v) is 4.43. The molecule has 0 N–H and O–H groups in total. The van der Waals surface area contributed by atoms with Gasteiger partial charge in [0.05, 0.1) is 0 Å². The second kappa shape index (κ2) is 7.57. The first kappa shape index (κ1) is 19.5. The van der Waals surface area contributed by atoms with Gasteiger partial charge < -0.3 is 14.4 Å². The van der Waals surface area contributed by atoms with Gasteiger partial charge in [0, 0.05) is 56.5 Å². The number of halogens is 2. The van der Waals surface area contributed by atoms with Crippen molar-refractivity contribution in [3.8, 4) is 0 Å². The molecule has 6 nitrogen and oxygen atoms in total. The highest BCUT2D eigenvalue weighted by molar-refractivity contribution is 5.80. The average molecular weight is 402 g/mol. The smallest absolute Gasteiger partial charge is 0.242 e. The first-order valence-corrected chi connectivity index (χ1v) is 9.82. The fourth-order valence-electron chi connectivity index (χ4n) is 4.43. The number of aromatic nitrogens is 2. The van der Waals surface area contributed by atoms with E-state index < -0.39 is 11.6 Å². The molecule has 2 saturated heterocycles. The van der Waals surface area contributed by atoms with Crippen LogP contribution in [0.2, 0.25) is 0 Å². The summed E-state index contributed by atoms with van der Waals surface area (Å²) in [6.45, 7) is 4.13. The number of piperidine rings is 1. The van der Waals surface area contributed by atoms with Gasteiger partial charge in [-0.05, 0) is 37.5 Å². The van der Waals surface area contributed by atoms with Gasteiger partial charge in [-0.15, -0.1) is 0 Å². The molecule has 0 aliphatic carbocycles. The van der Waals surface area contributed by atoms with E-state index in [-0.39, 0.29) is 30.3 Å². The summed E-state index contributed by atoms with van der Waals surface area (Å²) in [6, 6.07) is 3.36. The molecule has 2 amide bonds. The van der Waals surface area contributed by atoms with Gasteiger partial charge in [-0.2, -0.15) is 0 Å². The zero-order chi connectivity index (χ0) is 20.6. The van der Waals surface area contributed by atoms with Crippen LogP contribution in [-0.4, -0.2) is 50.8 Å². The maximum Gasteiger partial charge on any atom is 0.242 e. The van der Waals surface area contributed by atoms with Gasteiger partial charge in [-0.3, -0.25) is 9.59 Å². The van der Waals surface area contributed by atoms with E-state index in [1.165, 1.54) is 12.1 Å². The SMILES string of the molecule is Cc1nccn1CC(=O)N1CCC2(CC1)CC(=O)N(Cc1cc(F)cc(F)c1)C2. The molecule has 0 saturated carbocycles. The quantitative estimate of drug-likeness (QED) is 0.790. The van der Waals surface area contributed by atoms with Crippen LogP contribution in [0.4, 0.5) is 8.78 Å². The molecule has 3 heterocycles. The second-order valence-corrected chi connectivity index (χ2v) is 8.19. The zero-order valence-electron chi connectivity index (χ0n) is 16.4. The monoisotopic (exact) mass is 402 g/mol. The Morgan fingerprint density at radius 3 is 2.48 bits per heavy atom. The van der Waals surface area contributed by atoms with E-state index in [9.17, 15) is 18.4 Å². The van der Waals surface area contributed by atoms with Crippen molar-refractivity contribution in [2.75, 3.05) is 19.6 Å². The number of nitrogens with zero attached hydrogens (tertiary/aromatic N) is 4. The van der Waals surface area contributed by atoms with E-state index in [1.54, 1.807) is 17.3 Å². The summed E-state index contributed by atoms with van der Waals surface area (Å²) >= 11 is 0. The van der Waals surface area contributed by atoms with Crippen LogP contribution in [0.25, 0.3) is 0 Å². The molecule has 2 aliphatic rings. The predicted molar refractivity (Wildman–Crippen MR) is 102 cm³/mol. The van der Waals surface area contributed by atoms with Crippen molar-refractivity contribution in [2.24, 2.45) is 5.41 Å². The molecule has 0 atom stereocenters. The largest absolute Gasteiger partial charge is 0.341 e. The Hall–Kier alpha value is -2.77. The van der Waals surface area contributed by atoms with E-state index in [2.05, 4.69) is 4.98 Å². The van der Waals surface area contributed by atoms with Gasteiger partial charge in [0.25, 0.3) is 0 Å². The van der Waals surface area contributed by atoms with Crippen LogP contribution in [0.5, 0.6) is 0 Å². The minimum atomic E-state index is -0.638. The number of likely N-dealkylation sites (tertiary alicyclic amines) is 2. The maximum absolute atomic E-state index is 13.4. The first-order valence-electron chi connectivity index (χ1n) is 9.82. The number of benzene rings is 1. The molecule has 154 valence electrons. The summed E-state index contributed by atoms with van der Waals surface area (Å²) < 4.78 is 28.7. The molecular formula is C21H24F2N4O2. The second-order valence-electron chi connectivity index (χ2n) is 8.19. The third-order valence-corrected chi connectivity index (χ3v) is 6.11. The minimum Gasteiger partial charge on any atom is -0.341 e. The van der Waals surface area contributed by atoms with Crippen LogP contribution >= 0.6 is 0 Å². The van der Waals surface area contributed by atoms with Crippen LogP contribution in [0.1, 0.15) is 30.7 Å². The Bertz CT molecular complexity index is 914. The number of carbonyl (C=O) groups is 2. The summed E-state index contributed by atoms with van der Waals surface area (Å²) in [6.07, 6.45) is 5.40. The lowest BCUT2D eigenvalue weighted by Crippen LogP contribution is -2.45. The molecule has 1 spiro atoms. The van der Waals surface area contributed by atoms with E-state index in [0.717, 1.165) is 24.7 Å². The standard InChI is InChI=1S/C21H24F2N4O2/c1-15-24-4-7-26(15)13-20(29)25-5-2-21(3-6-25)11-19(28)27(14-21)12-16-8-17(22)10-18(23)9-16/h4,7-10H,2-3,5-6,11-14H2,1H3. The zero-order valence-corrected chi connectivity index (χ0v) is 16.4. The van der Waals surface area contributed by atoms with Crippen molar-refractivity contribution in [1.29, 1.82) is 0 Å². The number of aryl methyl sites for hydroxylation is 1. The summed E-state index contributed by atoms with van der Waals surface area (Å²) in [5.74, 6) is -0.416.